The lowest BCUT2D eigenvalue weighted by molar-refractivity contribution is 0.106. The van der Waals surface area contributed by atoms with E-state index in [4.69, 9.17) is 23.2 Å². The normalized spacial score (nSPS) is 11.0. The molecule has 118 valence electrons. The highest BCUT2D eigenvalue weighted by Crippen LogP contribution is 2.33. The molecule has 2 aromatic rings. The van der Waals surface area contributed by atoms with E-state index in [1.165, 1.54) is 0 Å². The summed E-state index contributed by atoms with van der Waals surface area (Å²) in [5.41, 5.74) is 6.04. The zero-order chi connectivity index (χ0) is 16.6. The van der Waals surface area contributed by atoms with Crippen molar-refractivity contribution in [2.24, 2.45) is 0 Å². The molecule has 0 atom stereocenters. The molecule has 0 aliphatic rings. The van der Waals surface area contributed by atoms with E-state index in [0.717, 1.165) is 33.6 Å². The van der Waals surface area contributed by atoms with Crippen molar-refractivity contribution >= 4 is 33.7 Å². The molecule has 0 spiro atoms. The second-order valence-corrected chi connectivity index (χ2v) is 5.90. The number of aromatic nitrogens is 2. The molecule has 2 N–H and O–H groups in total. The van der Waals surface area contributed by atoms with E-state index in [0.29, 0.717) is 24.2 Å². The van der Waals surface area contributed by atoms with Crippen LogP contribution in [0.2, 0.25) is 0 Å². The van der Waals surface area contributed by atoms with Crippen LogP contribution in [0.3, 0.4) is 0 Å². The molecule has 0 unspecified atom stereocenters. The fraction of sp³-hybridized carbons (Fsp3) is 0.375. The minimum atomic E-state index is -0.514. The first-order valence-corrected chi connectivity index (χ1v) is 7.91. The van der Waals surface area contributed by atoms with E-state index in [9.17, 15) is 9.59 Å². The standard InChI is InChI=1S/C16H18Cl2N2O2/c1-5-9-7(3)11(19-13(9)15(17)21)12-8(4)10(6-2)14(20-12)16(18)22/h19-20H,5-6H2,1-4H3. The molecule has 0 aliphatic heterocycles. The maximum atomic E-state index is 11.6. The minimum Gasteiger partial charge on any atom is -0.349 e. The van der Waals surface area contributed by atoms with Gasteiger partial charge in [0, 0.05) is 0 Å². The summed E-state index contributed by atoms with van der Waals surface area (Å²) in [6.45, 7) is 7.80. The summed E-state index contributed by atoms with van der Waals surface area (Å²) in [6.07, 6.45) is 1.38. The van der Waals surface area contributed by atoms with Gasteiger partial charge in [-0.05, 0) is 72.1 Å². The van der Waals surface area contributed by atoms with Gasteiger partial charge in [0.1, 0.15) is 11.4 Å². The van der Waals surface area contributed by atoms with Crippen LogP contribution in [-0.4, -0.2) is 20.5 Å². The fourth-order valence-corrected chi connectivity index (χ4v) is 3.31. The van der Waals surface area contributed by atoms with Crippen molar-refractivity contribution in [3.05, 3.63) is 33.6 Å². The molecule has 0 bridgehead atoms. The largest absolute Gasteiger partial charge is 0.349 e. The lowest BCUT2D eigenvalue weighted by Crippen LogP contribution is -1.94. The van der Waals surface area contributed by atoms with Crippen LogP contribution in [0, 0.1) is 13.8 Å². The molecule has 22 heavy (non-hydrogen) atoms. The SMILES string of the molecule is CCc1c(C(=O)Cl)[nH]c(-c2[nH]c(C(=O)Cl)c(CC)c2C)c1C. The topological polar surface area (TPSA) is 65.7 Å². The predicted molar refractivity (Wildman–Crippen MR) is 89.2 cm³/mol. The Morgan fingerprint density at radius 2 is 1.14 bits per heavy atom. The first-order valence-electron chi connectivity index (χ1n) is 7.16. The molecule has 2 heterocycles. The van der Waals surface area contributed by atoms with Gasteiger partial charge >= 0.3 is 0 Å². The lowest BCUT2D eigenvalue weighted by Gasteiger charge is -2.01. The Balaban J connectivity index is 2.72. The van der Waals surface area contributed by atoms with E-state index >= 15 is 0 Å². The van der Waals surface area contributed by atoms with Gasteiger partial charge in [0.2, 0.25) is 0 Å². The molecule has 2 rings (SSSR count). The molecule has 0 aromatic carbocycles. The molecule has 0 saturated carbocycles. The highest BCUT2D eigenvalue weighted by molar-refractivity contribution is 6.68. The number of halogens is 2. The zero-order valence-electron chi connectivity index (χ0n) is 13.0. The number of H-pyrrole nitrogens is 2. The van der Waals surface area contributed by atoms with Crippen LogP contribution in [0.4, 0.5) is 0 Å². The summed E-state index contributed by atoms with van der Waals surface area (Å²) >= 11 is 11.3. The zero-order valence-corrected chi connectivity index (χ0v) is 14.5. The third-order valence-electron chi connectivity index (χ3n) is 4.11. The lowest BCUT2D eigenvalue weighted by atomic mass is 10.0. The first-order chi connectivity index (χ1) is 10.3. The van der Waals surface area contributed by atoms with Crippen molar-refractivity contribution in [2.75, 3.05) is 0 Å². The smallest absolute Gasteiger partial charge is 0.268 e. The Morgan fingerprint density at radius 3 is 1.32 bits per heavy atom. The van der Waals surface area contributed by atoms with E-state index < -0.39 is 10.5 Å². The van der Waals surface area contributed by atoms with Gasteiger partial charge < -0.3 is 9.97 Å². The quantitative estimate of drug-likeness (QED) is 0.786. The predicted octanol–water partition coefficient (Wildman–Crippen LogP) is 4.51. The number of rotatable bonds is 5. The van der Waals surface area contributed by atoms with Gasteiger partial charge in [0.15, 0.2) is 0 Å². The summed E-state index contributed by atoms with van der Waals surface area (Å²) in [6, 6.07) is 0. The highest BCUT2D eigenvalue weighted by atomic mass is 35.5. The fourth-order valence-electron chi connectivity index (χ4n) is 2.98. The molecule has 0 radical (unpaired) electrons. The Morgan fingerprint density at radius 1 is 0.818 bits per heavy atom. The maximum Gasteiger partial charge on any atom is 0.268 e. The third kappa shape index (κ3) is 2.61. The molecule has 2 aromatic heterocycles. The number of aromatic amines is 2. The first kappa shape index (κ1) is 16.8. The van der Waals surface area contributed by atoms with Crippen molar-refractivity contribution < 1.29 is 9.59 Å². The van der Waals surface area contributed by atoms with Crippen LogP contribution in [0.25, 0.3) is 11.4 Å². The second kappa shape index (κ2) is 6.31. The number of carbonyl (C=O) groups excluding carboxylic acids is 2. The van der Waals surface area contributed by atoms with Crippen LogP contribution in [0.5, 0.6) is 0 Å². The van der Waals surface area contributed by atoms with Crippen molar-refractivity contribution in [2.45, 2.75) is 40.5 Å². The van der Waals surface area contributed by atoms with E-state index in [1.807, 2.05) is 27.7 Å². The van der Waals surface area contributed by atoms with Gasteiger partial charge in [-0.15, -0.1) is 0 Å². The Kier molecular flexibility index (Phi) is 4.83. The van der Waals surface area contributed by atoms with Gasteiger partial charge in [-0.25, -0.2) is 0 Å². The monoisotopic (exact) mass is 340 g/mol. The second-order valence-electron chi connectivity index (χ2n) is 5.21. The van der Waals surface area contributed by atoms with Crippen LogP contribution < -0.4 is 0 Å². The molecule has 0 saturated heterocycles. The van der Waals surface area contributed by atoms with Crippen LogP contribution in [0.1, 0.15) is 57.1 Å². The molecule has 6 heteroatoms. The number of hydrogen-bond acceptors (Lipinski definition) is 2. The Labute approximate surface area is 139 Å². The average Bonchev–Trinajstić information content (AvgIpc) is 2.96. The molecule has 0 aliphatic carbocycles. The van der Waals surface area contributed by atoms with Crippen molar-refractivity contribution in [1.29, 1.82) is 0 Å². The molecular weight excluding hydrogens is 323 g/mol. The highest BCUT2D eigenvalue weighted by Gasteiger charge is 2.23. The molecule has 0 fully saturated rings. The average molecular weight is 341 g/mol. The molecular formula is C16H18Cl2N2O2. The summed E-state index contributed by atoms with van der Waals surface area (Å²) in [5, 5.41) is -1.03. The van der Waals surface area contributed by atoms with Gasteiger partial charge in [-0.2, -0.15) is 0 Å². The number of carbonyl (C=O) groups is 2. The Bertz CT molecular complexity index is 693. The van der Waals surface area contributed by atoms with Gasteiger partial charge in [0.25, 0.3) is 10.5 Å². The summed E-state index contributed by atoms with van der Waals surface area (Å²) in [5.74, 6) is 0. The Hall–Kier alpha value is -1.52. The molecule has 0 amide bonds. The van der Waals surface area contributed by atoms with Gasteiger partial charge in [-0.1, -0.05) is 13.8 Å². The summed E-state index contributed by atoms with van der Waals surface area (Å²) < 4.78 is 0. The van der Waals surface area contributed by atoms with E-state index in [-0.39, 0.29) is 0 Å². The van der Waals surface area contributed by atoms with E-state index in [2.05, 4.69) is 9.97 Å². The van der Waals surface area contributed by atoms with Crippen LogP contribution in [-0.2, 0) is 12.8 Å². The van der Waals surface area contributed by atoms with Crippen molar-refractivity contribution in [1.82, 2.24) is 9.97 Å². The number of hydrogen-bond donors (Lipinski definition) is 2. The van der Waals surface area contributed by atoms with Gasteiger partial charge in [-0.3, -0.25) is 9.59 Å². The maximum absolute atomic E-state index is 11.6. The number of nitrogens with one attached hydrogen (secondary N) is 2. The summed E-state index contributed by atoms with van der Waals surface area (Å²) in [4.78, 5) is 29.4. The minimum absolute atomic E-state index is 0.405. The van der Waals surface area contributed by atoms with Crippen LogP contribution >= 0.6 is 23.2 Å². The van der Waals surface area contributed by atoms with Gasteiger partial charge in [0.05, 0.1) is 11.4 Å². The molecule has 4 nitrogen and oxygen atoms in total. The van der Waals surface area contributed by atoms with Crippen molar-refractivity contribution in [3.63, 3.8) is 0 Å². The van der Waals surface area contributed by atoms with E-state index in [1.54, 1.807) is 0 Å². The summed E-state index contributed by atoms with van der Waals surface area (Å²) in [7, 11) is 0. The van der Waals surface area contributed by atoms with Crippen molar-refractivity contribution in [3.8, 4) is 11.4 Å². The van der Waals surface area contributed by atoms with Crippen LogP contribution in [0.15, 0.2) is 0 Å². The third-order valence-corrected chi connectivity index (χ3v) is 4.49.